The van der Waals surface area contributed by atoms with Crippen LogP contribution in [-0.2, 0) is 11.2 Å². The van der Waals surface area contributed by atoms with Crippen molar-refractivity contribution in [1.82, 2.24) is 4.90 Å². The minimum Gasteiger partial charge on any atom is -0.484 e. The van der Waals surface area contributed by atoms with Gasteiger partial charge >= 0.3 is 0 Å². The Morgan fingerprint density at radius 2 is 1.85 bits per heavy atom. The molecule has 0 radical (unpaired) electrons. The second kappa shape index (κ2) is 8.45. The van der Waals surface area contributed by atoms with Crippen molar-refractivity contribution in [3.05, 3.63) is 53.6 Å². The predicted octanol–water partition coefficient (Wildman–Crippen LogP) is 2.43. The van der Waals surface area contributed by atoms with Crippen LogP contribution in [0.5, 0.6) is 5.75 Å². The van der Waals surface area contributed by atoms with Crippen LogP contribution in [0.2, 0.25) is 0 Å². The molecule has 0 saturated carbocycles. The lowest BCUT2D eigenvalue weighted by molar-refractivity contribution is -0.133. The number of nitrogens with two attached hydrogens (primary N) is 1. The number of rotatable bonds is 5. The molecule has 2 aromatic rings. The standard InChI is InChI=1S/C21H24N4O2/c1-2-16-3-6-19(7-4-16)27-15-21(26)25-11-9-24(10-12-25)20-8-5-18(23)13-17(20)14-22/h3-8,13H,2,9-12,15,23H2,1H3. The molecule has 1 amide bonds. The molecule has 1 aliphatic rings. The largest absolute Gasteiger partial charge is 0.484 e. The normalized spacial score (nSPS) is 13.9. The summed E-state index contributed by atoms with van der Waals surface area (Å²) in [6.07, 6.45) is 0.977. The van der Waals surface area contributed by atoms with Crippen LogP contribution in [-0.4, -0.2) is 43.6 Å². The van der Waals surface area contributed by atoms with Crippen LogP contribution in [0.1, 0.15) is 18.1 Å². The first-order valence-corrected chi connectivity index (χ1v) is 9.14. The SMILES string of the molecule is CCc1ccc(OCC(=O)N2CCN(c3ccc(N)cc3C#N)CC2)cc1. The summed E-state index contributed by atoms with van der Waals surface area (Å²) in [6.45, 7) is 4.70. The summed E-state index contributed by atoms with van der Waals surface area (Å²) in [4.78, 5) is 16.3. The Balaban J connectivity index is 1.52. The van der Waals surface area contributed by atoms with Gasteiger partial charge in [-0.05, 0) is 42.3 Å². The monoisotopic (exact) mass is 364 g/mol. The van der Waals surface area contributed by atoms with E-state index >= 15 is 0 Å². The fourth-order valence-electron chi connectivity index (χ4n) is 3.17. The molecule has 1 saturated heterocycles. The maximum atomic E-state index is 12.4. The van der Waals surface area contributed by atoms with Gasteiger partial charge in [-0.25, -0.2) is 0 Å². The molecule has 0 atom stereocenters. The Labute approximate surface area is 159 Å². The summed E-state index contributed by atoms with van der Waals surface area (Å²) in [5, 5.41) is 9.31. The zero-order valence-electron chi connectivity index (χ0n) is 15.5. The van der Waals surface area contributed by atoms with Crippen LogP contribution in [0.3, 0.4) is 0 Å². The number of hydrogen-bond acceptors (Lipinski definition) is 5. The highest BCUT2D eigenvalue weighted by Gasteiger charge is 2.23. The molecule has 27 heavy (non-hydrogen) atoms. The fraction of sp³-hybridized carbons (Fsp3) is 0.333. The number of aryl methyl sites for hydroxylation is 1. The van der Waals surface area contributed by atoms with Gasteiger partial charge in [0.05, 0.1) is 11.3 Å². The second-order valence-electron chi connectivity index (χ2n) is 6.54. The maximum absolute atomic E-state index is 12.4. The van der Waals surface area contributed by atoms with Gasteiger partial charge in [0.25, 0.3) is 5.91 Å². The number of anilines is 2. The Kier molecular flexibility index (Phi) is 5.82. The predicted molar refractivity (Wildman–Crippen MR) is 106 cm³/mol. The van der Waals surface area contributed by atoms with Crippen LogP contribution < -0.4 is 15.4 Å². The second-order valence-corrected chi connectivity index (χ2v) is 6.54. The number of benzene rings is 2. The zero-order chi connectivity index (χ0) is 19.2. The van der Waals surface area contributed by atoms with Crippen LogP contribution in [0.25, 0.3) is 0 Å². The Morgan fingerprint density at radius 1 is 1.15 bits per heavy atom. The summed E-state index contributed by atoms with van der Waals surface area (Å²) >= 11 is 0. The number of carbonyl (C=O) groups is 1. The van der Waals surface area contributed by atoms with E-state index in [1.165, 1.54) is 5.56 Å². The molecule has 1 fully saturated rings. The third-order valence-corrected chi connectivity index (χ3v) is 4.81. The quantitative estimate of drug-likeness (QED) is 0.824. The Morgan fingerprint density at radius 3 is 2.48 bits per heavy atom. The van der Waals surface area contributed by atoms with Crippen molar-refractivity contribution in [1.29, 1.82) is 5.26 Å². The number of piperazine rings is 1. The van der Waals surface area contributed by atoms with E-state index in [-0.39, 0.29) is 12.5 Å². The van der Waals surface area contributed by atoms with Gasteiger partial charge in [-0.2, -0.15) is 5.26 Å². The molecular weight excluding hydrogens is 340 g/mol. The van der Waals surface area contributed by atoms with Crippen molar-refractivity contribution in [2.75, 3.05) is 43.4 Å². The molecule has 0 spiro atoms. The van der Waals surface area contributed by atoms with Crippen LogP contribution >= 0.6 is 0 Å². The fourth-order valence-corrected chi connectivity index (χ4v) is 3.17. The van der Waals surface area contributed by atoms with Gasteiger partial charge in [-0.15, -0.1) is 0 Å². The van der Waals surface area contributed by atoms with E-state index in [1.807, 2.05) is 30.3 Å². The van der Waals surface area contributed by atoms with Crippen LogP contribution in [0.4, 0.5) is 11.4 Å². The minimum atomic E-state index is -0.0213. The highest BCUT2D eigenvalue weighted by atomic mass is 16.5. The third-order valence-electron chi connectivity index (χ3n) is 4.81. The van der Waals surface area contributed by atoms with E-state index < -0.39 is 0 Å². The van der Waals surface area contributed by atoms with Gasteiger partial charge in [0.2, 0.25) is 0 Å². The van der Waals surface area contributed by atoms with Crippen LogP contribution in [0.15, 0.2) is 42.5 Å². The van der Waals surface area contributed by atoms with Crippen LogP contribution in [0, 0.1) is 11.3 Å². The van der Waals surface area contributed by atoms with Crippen molar-refractivity contribution < 1.29 is 9.53 Å². The van der Waals surface area contributed by atoms with Gasteiger partial charge in [0.15, 0.2) is 6.61 Å². The zero-order valence-corrected chi connectivity index (χ0v) is 15.5. The van der Waals surface area contributed by atoms with E-state index in [9.17, 15) is 10.1 Å². The molecule has 2 N–H and O–H groups in total. The highest BCUT2D eigenvalue weighted by Crippen LogP contribution is 2.23. The molecule has 1 heterocycles. The number of nitrogens with zero attached hydrogens (tertiary/aromatic N) is 3. The van der Waals surface area contributed by atoms with E-state index in [0.717, 1.165) is 12.1 Å². The number of nitrogen functional groups attached to an aromatic ring is 1. The summed E-state index contributed by atoms with van der Waals surface area (Å²) in [7, 11) is 0. The highest BCUT2D eigenvalue weighted by molar-refractivity contribution is 5.78. The summed E-state index contributed by atoms with van der Waals surface area (Å²) < 4.78 is 5.62. The van der Waals surface area contributed by atoms with Gasteiger partial charge in [-0.1, -0.05) is 19.1 Å². The number of carbonyl (C=O) groups excluding carboxylic acids is 1. The first-order valence-electron chi connectivity index (χ1n) is 9.14. The number of ether oxygens (including phenoxy) is 1. The average Bonchev–Trinajstić information content (AvgIpc) is 2.72. The van der Waals surface area contributed by atoms with Crippen molar-refractivity contribution >= 4 is 17.3 Å². The van der Waals surface area contributed by atoms with Gasteiger partial charge in [0, 0.05) is 31.9 Å². The molecule has 6 nitrogen and oxygen atoms in total. The van der Waals surface area contributed by atoms with Crippen molar-refractivity contribution in [3.8, 4) is 11.8 Å². The topological polar surface area (TPSA) is 82.6 Å². The lowest BCUT2D eigenvalue weighted by Crippen LogP contribution is -2.50. The molecule has 1 aliphatic heterocycles. The number of nitriles is 1. The number of hydrogen-bond donors (Lipinski definition) is 1. The molecule has 2 aromatic carbocycles. The van der Waals surface area contributed by atoms with Crippen molar-refractivity contribution in [3.63, 3.8) is 0 Å². The van der Waals surface area contributed by atoms with Crippen molar-refractivity contribution in [2.24, 2.45) is 0 Å². The molecule has 0 aliphatic carbocycles. The molecule has 0 aromatic heterocycles. The van der Waals surface area contributed by atoms with Crippen molar-refractivity contribution in [2.45, 2.75) is 13.3 Å². The molecule has 0 unspecified atom stereocenters. The van der Waals surface area contributed by atoms with E-state index in [1.54, 1.807) is 17.0 Å². The first kappa shape index (κ1) is 18.6. The third kappa shape index (κ3) is 4.50. The Hall–Kier alpha value is -3.20. The maximum Gasteiger partial charge on any atom is 0.260 e. The van der Waals surface area contributed by atoms with Gasteiger partial charge in [0.1, 0.15) is 11.8 Å². The van der Waals surface area contributed by atoms with Gasteiger partial charge < -0.3 is 20.3 Å². The van der Waals surface area contributed by atoms with Gasteiger partial charge in [-0.3, -0.25) is 4.79 Å². The minimum absolute atomic E-state index is 0.0213. The number of amides is 1. The summed E-state index contributed by atoms with van der Waals surface area (Å²) in [5.74, 6) is 0.687. The molecule has 0 bridgehead atoms. The summed E-state index contributed by atoms with van der Waals surface area (Å²) in [6, 6.07) is 15.4. The average molecular weight is 364 g/mol. The molecule has 6 heteroatoms. The summed E-state index contributed by atoms with van der Waals surface area (Å²) in [5.41, 5.74) is 9.00. The lowest BCUT2D eigenvalue weighted by atomic mass is 10.1. The molecule has 140 valence electrons. The molecule has 3 rings (SSSR count). The first-order chi connectivity index (χ1) is 13.1. The smallest absolute Gasteiger partial charge is 0.260 e. The Bertz CT molecular complexity index is 834. The lowest BCUT2D eigenvalue weighted by Gasteiger charge is -2.36. The van der Waals surface area contributed by atoms with E-state index in [0.29, 0.717) is 43.2 Å². The van der Waals surface area contributed by atoms with E-state index in [4.69, 9.17) is 10.5 Å². The molecular formula is C21H24N4O2. The van der Waals surface area contributed by atoms with E-state index in [2.05, 4.69) is 17.9 Å².